The van der Waals surface area contributed by atoms with Crippen LogP contribution in [0.3, 0.4) is 0 Å². The van der Waals surface area contributed by atoms with Crippen molar-refractivity contribution in [3.05, 3.63) is 59.7 Å². The number of carbonyl (C=O) groups is 2. The number of hydrogen-bond donors (Lipinski definition) is 1. The van der Waals surface area contributed by atoms with Crippen molar-refractivity contribution in [2.24, 2.45) is 0 Å². The number of ether oxygens (including phenoxy) is 4. The molecule has 0 spiro atoms. The van der Waals surface area contributed by atoms with Gasteiger partial charge in [0.05, 0.1) is 20.8 Å². The van der Waals surface area contributed by atoms with E-state index in [2.05, 4.69) is 5.32 Å². The van der Waals surface area contributed by atoms with Gasteiger partial charge >= 0.3 is 5.97 Å². The van der Waals surface area contributed by atoms with Crippen LogP contribution in [0.15, 0.2) is 48.5 Å². The predicted octanol–water partition coefficient (Wildman–Crippen LogP) is 2.76. The molecule has 29 heavy (non-hydrogen) atoms. The van der Waals surface area contributed by atoms with Crippen LogP contribution in [0.4, 0.5) is 0 Å². The summed E-state index contributed by atoms with van der Waals surface area (Å²) in [6, 6.07) is 12.8. The van der Waals surface area contributed by atoms with E-state index in [4.69, 9.17) is 18.9 Å². The Morgan fingerprint density at radius 1 is 1.03 bits per heavy atom. The monoisotopic (exact) mass is 399 g/mol. The second kappa shape index (κ2) is 11.4. The average molecular weight is 399 g/mol. The molecule has 0 unspecified atom stereocenters. The first-order valence-corrected chi connectivity index (χ1v) is 9.05. The van der Waals surface area contributed by atoms with Gasteiger partial charge in [0.15, 0.2) is 6.61 Å². The van der Waals surface area contributed by atoms with Gasteiger partial charge in [-0.3, -0.25) is 4.79 Å². The Labute approximate surface area is 170 Å². The first-order valence-electron chi connectivity index (χ1n) is 9.05. The Bertz CT molecular complexity index is 862. The van der Waals surface area contributed by atoms with Gasteiger partial charge in [0, 0.05) is 17.7 Å². The molecule has 0 aromatic heterocycles. The molecule has 0 heterocycles. The molecule has 0 radical (unpaired) electrons. The lowest BCUT2D eigenvalue weighted by Gasteiger charge is -2.08. The predicted molar refractivity (Wildman–Crippen MR) is 109 cm³/mol. The summed E-state index contributed by atoms with van der Waals surface area (Å²) in [5.74, 6) is 0.907. The minimum absolute atomic E-state index is 0.309. The number of amides is 1. The fourth-order valence-corrected chi connectivity index (χ4v) is 2.41. The summed E-state index contributed by atoms with van der Waals surface area (Å²) >= 11 is 0. The number of carbonyl (C=O) groups excluding carboxylic acids is 2. The van der Waals surface area contributed by atoms with E-state index < -0.39 is 11.9 Å². The van der Waals surface area contributed by atoms with Crippen LogP contribution in [0.25, 0.3) is 6.08 Å². The minimum atomic E-state index is -0.631. The third kappa shape index (κ3) is 7.57. The second-order valence-corrected chi connectivity index (χ2v) is 6.06. The molecular weight excluding hydrogens is 374 g/mol. The Balaban J connectivity index is 1.70. The van der Waals surface area contributed by atoms with Crippen LogP contribution in [-0.2, 0) is 14.3 Å². The molecule has 1 amide bonds. The number of esters is 1. The fourth-order valence-electron chi connectivity index (χ4n) is 2.41. The van der Waals surface area contributed by atoms with Crippen LogP contribution in [0, 0.1) is 6.92 Å². The maximum Gasteiger partial charge on any atom is 0.331 e. The summed E-state index contributed by atoms with van der Waals surface area (Å²) in [7, 11) is 3.08. The Kier molecular flexibility index (Phi) is 8.56. The van der Waals surface area contributed by atoms with Crippen molar-refractivity contribution in [1.82, 2.24) is 5.32 Å². The first-order chi connectivity index (χ1) is 14.0. The number of aryl methyl sites for hydroxylation is 1. The Morgan fingerprint density at radius 3 is 2.59 bits per heavy atom. The van der Waals surface area contributed by atoms with Crippen molar-refractivity contribution >= 4 is 18.0 Å². The number of hydrogen-bond acceptors (Lipinski definition) is 6. The van der Waals surface area contributed by atoms with E-state index in [-0.39, 0.29) is 6.61 Å². The van der Waals surface area contributed by atoms with Gasteiger partial charge in [0.2, 0.25) is 0 Å². The zero-order valence-corrected chi connectivity index (χ0v) is 16.8. The molecule has 2 aromatic rings. The first kappa shape index (κ1) is 21.8. The highest BCUT2D eigenvalue weighted by Crippen LogP contribution is 2.25. The maximum absolute atomic E-state index is 11.8. The van der Waals surface area contributed by atoms with E-state index in [1.165, 1.54) is 13.2 Å². The van der Waals surface area contributed by atoms with E-state index in [0.29, 0.717) is 30.2 Å². The number of benzene rings is 2. The summed E-state index contributed by atoms with van der Waals surface area (Å²) in [5, 5.41) is 2.63. The average Bonchev–Trinajstić information content (AvgIpc) is 2.73. The summed E-state index contributed by atoms with van der Waals surface area (Å²) in [6.07, 6.45) is 2.78. The van der Waals surface area contributed by atoms with Gasteiger partial charge in [-0.2, -0.15) is 0 Å². The van der Waals surface area contributed by atoms with Gasteiger partial charge in [-0.25, -0.2) is 4.79 Å². The normalized spacial score (nSPS) is 10.4. The molecule has 0 aliphatic heterocycles. The Hall–Kier alpha value is -3.48. The number of rotatable bonds is 10. The lowest BCUT2D eigenvalue weighted by Crippen LogP contribution is -2.31. The van der Waals surface area contributed by atoms with Crippen LogP contribution in [-0.4, -0.2) is 45.9 Å². The number of nitrogens with one attached hydrogen (secondary N) is 1. The summed E-state index contributed by atoms with van der Waals surface area (Å²) in [5.41, 5.74) is 1.78. The van der Waals surface area contributed by atoms with Gasteiger partial charge in [-0.05, 0) is 42.8 Å². The van der Waals surface area contributed by atoms with E-state index in [1.54, 1.807) is 31.4 Å². The molecule has 2 rings (SSSR count). The van der Waals surface area contributed by atoms with Crippen molar-refractivity contribution < 1.29 is 28.5 Å². The highest BCUT2D eigenvalue weighted by atomic mass is 16.5. The SMILES string of the molecule is COc1ccc(/C=C/C(=O)OCC(=O)NCCOc2cccc(C)c2)c(OC)c1. The topological polar surface area (TPSA) is 83.1 Å². The molecule has 0 saturated heterocycles. The molecule has 2 aromatic carbocycles. The molecule has 0 atom stereocenters. The molecule has 154 valence electrons. The molecule has 0 aliphatic rings. The summed E-state index contributed by atoms with van der Waals surface area (Å²) < 4.78 is 20.8. The molecule has 0 aliphatic carbocycles. The van der Waals surface area contributed by atoms with Crippen LogP contribution < -0.4 is 19.5 Å². The third-order valence-electron chi connectivity index (χ3n) is 3.87. The van der Waals surface area contributed by atoms with Crippen molar-refractivity contribution in [2.75, 3.05) is 34.0 Å². The van der Waals surface area contributed by atoms with E-state index in [9.17, 15) is 9.59 Å². The molecule has 0 saturated carbocycles. The van der Waals surface area contributed by atoms with Crippen LogP contribution >= 0.6 is 0 Å². The quantitative estimate of drug-likeness (QED) is 0.376. The van der Waals surface area contributed by atoms with E-state index in [1.807, 2.05) is 31.2 Å². The Morgan fingerprint density at radius 2 is 1.86 bits per heavy atom. The van der Waals surface area contributed by atoms with E-state index >= 15 is 0 Å². The standard InChI is InChI=1S/C22H25NO6/c1-16-5-4-6-19(13-16)28-12-11-23-21(24)15-29-22(25)10-8-17-7-9-18(26-2)14-20(17)27-3/h4-10,13-14H,11-12,15H2,1-3H3,(H,23,24)/b10-8+. The summed E-state index contributed by atoms with van der Waals surface area (Å²) in [4.78, 5) is 23.6. The third-order valence-corrected chi connectivity index (χ3v) is 3.87. The van der Waals surface area contributed by atoms with Gasteiger partial charge in [0.25, 0.3) is 5.91 Å². The molecular formula is C22H25NO6. The van der Waals surface area contributed by atoms with Crippen LogP contribution in [0.5, 0.6) is 17.2 Å². The van der Waals surface area contributed by atoms with Crippen LogP contribution in [0.1, 0.15) is 11.1 Å². The molecule has 1 N–H and O–H groups in total. The van der Waals surface area contributed by atoms with Gasteiger partial charge < -0.3 is 24.3 Å². The lowest BCUT2D eigenvalue weighted by molar-refractivity contribution is -0.143. The zero-order valence-electron chi connectivity index (χ0n) is 16.8. The summed E-state index contributed by atoms with van der Waals surface area (Å²) in [6.45, 7) is 2.24. The lowest BCUT2D eigenvalue weighted by atomic mass is 10.2. The van der Waals surface area contributed by atoms with Gasteiger partial charge in [-0.15, -0.1) is 0 Å². The number of methoxy groups -OCH3 is 2. The fraction of sp³-hybridized carbons (Fsp3) is 0.273. The smallest absolute Gasteiger partial charge is 0.331 e. The van der Waals surface area contributed by atoms with Crippen molar-refractivity contribution in [3.63, 3.8) is 0 Å². The highest BCUT2D eigenvalue weighted by molar-refractivity contribution is 5.89. The second-order valence-electron chi connectivity index (χ2n) is 6.06. The molecule has 7 nitrogen and oxygen atoms in total. The molecule has 0 bridgehead atoms. The van der Waals surface area contributed by atoms with Crippen molar-refractivity contribution in [2.45, 2.75) is 6.92 Å². The van der Waals surface area contributed by atoms with Gasteiger partial charge in [-0.1, -0.05) is 12.1 Å². The zero-order chi connectivity index (χ0) is 21.1. The van der Waals surface area contributed by atoms with Crippen molar-refractivity contribution in [1.29, 1.82) is 0 Å². The maximum atomic E-state index is 11.8. The molecule has 0 fully saturated rings. The minimum Gasteiger partial charge on any atom is -0.497 e. The van der Waals surface area contributed by atoms with E-state index in [0.717, 1.165) is 11.3 Å². The van der Waals surface area contributed by atoms with Gasteiger partial charge in [0.1, 0.15) is 23.9 Å². The largest absolute Gasteiger partial charge is 0.497 e. The van der Waals surface area contributed by atoms with Crippen molar-refractivity contribution in [3.8, 4) is 17.2 Å². The highest BCUT2D eigenvalue weighted by Gasteiger charge is 2.06. The van der Waals surface area contributed by atoms with Crippen LogP contribution in [0.2, 0.25) is 0 Å². The molecule has 7 heteroatoms.